The lowest BCUT2D eigenvalue weighted by molar-refractivity contribution is -0.139. The number of carbonyl (C=O) groups is 1. The molecule has 1 atom stereocenters. The van der Waals surface area contributed by atoms with Crippen molar-refractivity contribution in [2.24, 2.45) is 0 Å². The van der Waals surface area contributed by atoms with Crippen LogP contribution in [-0.2, 0) is 4.79 Å². The molecule has 1 unspecified atom stereocenters. The standard InChI is InChI=1S/C17H27N5O/c1-2-20-11-13-22(14-12-20)17(23)16(15-5-3-4-6-19-15)21-9-7-18-8-10-21/h3-6,16,18H,2,7-14H2,1H3. The van der Waals surface area contributed by atoms with Gasteiger partial charge in [-0.25, -0.2) is 0 Å². The van der Waals surface area contributed by atoms with Crippen molar-refractivity contribution < 1.29 is 4.79 Å². The Balaban J connectivity index is 1.76. The Hall–Kier alpha value is -1.50. The summed E-state index contributed by atoms with van der Waals surface area (Å²) < 4.78 is 0. The zero-order chi connectivity index (χ0) is 16.1. The maximum atomic E-state index is 13.2. The fraction of sp³-hybridized carbons (Fsp3) is 0.647. The molecule has 1 aromatic heterocycles. The molecular weight excluding hydrogens is 290 g/mol. The highest BCUT2D eigenvalue weighted by Crippen LogP contribution is 2.22. The summed E-state index contributed by atoms with van der Waals surface area (Å²) in [4.78, 5) is 24.4. The lowest BCUT2D eigenvalue weighted by atomic mass is 10.1. The molecule has 2 aliphatic rings. The predicted octanol–water partition coefficient (Wildman–Crippen LogP) is 0.192. The lowest BCUT2D eigenvalue weighted by Gasteiger charge is -2.39. The number of aromatic nitrogens is 1. The van der Waals surface area contributed by atoms with Gasteiger partial charge >= 0.3 is 0 Å². The molecule has 2 fully saturated rings. The second kappa shape index (κ2) is 7.86. The highest BCUT2D eigenvalue weighted by atomic mass is 16.2. The number of carbonyl (C=O) groups excluding carboxylic acids is 1. The minimum Gasteiger partial charge on any atom is -0.338 e. The Morgan fingerprint density at radius 2 is 1.91 bits per heavy atom. The maximum Gasteiger partial charge on any atom is 0.246 e. The van der Waals surface area contributed by atoms with Crippen LogP contribution in [0.3, 0.4) is 0 Å². The van der Waals surface area contributed by atoms with Crippen molar-refractivity contribution in [1.29, 1.82) is 0 Å². The van der Waals surface area contributed by atoms with Gasteiger partial charge < -0.3 is 15.1 Å². The van der Waals surface area contributed by atoms with Crippen LogP contribution >= 0.6 is 0 Å². The van der Waals surface area contributed by atoms with Gasteiger partial charge in [0.05, 0.1) is 5.69 Å². The molecule has 6 nitrogen and oxygen atoms in total. The van der Waals surface area contributed by atoms with E-state index in [2.05, 4.69) is 27.0 Å². The first-order valence-corrected chi connectivity index (χ1v) is 8.66. The molecule has 3 heterocycles. The monoisotopic (exact) mass is 317 g/mol. The van der Waals surface area contributed by atoms with E-state index >= 15 is 0 Å². The Bertz CT molecular complexity index is 495. The van der Waals surface area contributed by atoms with Gasteiger partial charge in [-0.3, -0.25) is 14.7 Å². The van der Waals surface area contributed by atoms with Crippen LogP contribution in [0, 0.1) is 0 Å². The summed E-state index contributed by atoms with van der Waals surface area (Å²) in [7, 11) is 0. The molecule has 1 N–H and O–H groups in total. The molecule has 1 amide bonds. The van der Waals surface area contributed by atoms with Gasteiger partial charge in [-0.1, -0.05) is 13.0 Å². The van der Waals surface area contributed by atoms with E-state index in [-0.39, 0.29) is 11.9 Å². The quantitative estimate of drug-likeness (QED) is 0.859. The topological polar surface area (TPSA) is 51.7 Å². The number of rotatable bonds is 4. The van der Waals surface area contributed by atoms with Gasteiger partial charge in [-0.2, -0.15) is 0 Å². The van der Waals surface area contributed by atoms with Crippen molar-refractivity contribution in [2.45, 2.75) is 13.0 Å². The van der Waals surface area contributed by atoms with Crippen LogP contribution in [0.1, 0.15) is 18.7 Å². The van der Waals surface area contributed by atoms with E-state index in [1.54, 1.807) is 6.20 Å². The molecule has 0 bridgehead atoms. The third kappa shape index (κ3) is 3.88. The average molecular weight is 317 g/mol. The number of piperazine rings is 2. The number of amides is 1. The highest BCUT2D eigenvalue weighted by Gasteiger charge is 2.34. The van der Waals surface area contributed by atoms with Crippen LogP contribution in [-0.4, -0.2) is 84.5 Å². The largest absolute Gasteiger partial charge is 0.338 e. The van der Waals surface area contributed by atoms with E-state index in [0.29, 0.717) is 0 Å². The number of hydrogen-bond acceptors (Lipinski definition) is 5. The summed E-state index contributed by atoms with van der Waals surface area (Å²) in [6.07, 6.45) is 1.78. The van der Waals surface area contributed by atoms with E-state index < -0.39 is 0 Å². The zero-order valence-electron chi connectivity index (χ0n) is 13.9. The van der Waals surface area contributed by atoms with Crippen molar-refractivity contribution in [1.82, 2.24) is 25.0 Å². The molecule has 0 saturated carbocycles. The van der Waals surface area contributed by atoms with Gasteiger partial charge in [0, 0.05) is 58.6 Å². The molecule has 0 aromatic carbocycles. The minimum atomic E-state index is -0.244. The molecule has 126 valence electrons. The van der Waals surface area contributed by atoms with Gasteiger partial charge in [0.2, 0.25) is 5.91 Å². The zero-order valence-corrected chi connectivity index (χ0v) is 13.9. The summed E-state index contributed by atoms with van der Waals surface area (Å²) in [5, 5.41) is 3.36. The van der Waals surface area contributed by atoms with Crippen LogP contribution in [0.4, 0.5) is 0 Å². The van der Waals surface area contributed by atoms with Crippen LogP contribution in [0.25, 0.3) is 0 Å². The Kier molecular flexibility index (Phi) is 5.59. The number of nitrogens with zero attached hydrogens (tertiary/aromatic N) is 4. The smallest absolute Gasteiger partial charge is 0.246 e. The average Bonchev–Trinajstić information content (AvgIpc) is 2.64. The number of nitrogens with one attached hydrogen (secondary N) is 1. The highest BCUT2D eigenvalue weighted by molar-refractivity contribution is 5.83. The molecule has 2 saturated heterocycles. The van der Waals surface area contributed by atoms with Crippen LogP contribution in [0.2, 0.25) is 0 Å². The fourth-order valence-corrected chi connectivity index (χ4v) is 3.41. The van der Waals surface area contributed by atoms with E-state index in [9.17, 15) is 4.79 Å². The molecule has 1 aromatic rings. The minimum absolute atomic E-state index is 0.210. The predicted molar refractivity (Wildman–Crippen MR) is 90.1 cm³/mol. The second-order valence-electron chi connectivity index (χ2n) is 6.20. The van der Waals surface area contributed by atoms with Gasteiger partial charge in [-0.15, -0.1) is 0 Å². The molecule has 2 aliphatic heterocycles. The van der Waals surface area contributed by atoms with Crippen LogP contribution < -0.4 is 5.32 Å². The molecule has 23 heavy (non-hydrogen) atoms. The number of pyridine rings is 1. The normalized spacial score (nSPS) is 22.0. The van der Waals surface area contributed by atoms with E-state index in [0.717, 1.165) is 64.6 Å². The molecule has 3 rings (SSSR count). The summed E-state index contributed by atoms with van der Waals surface area (Å²) in [6, 6.07) is 5.61. The van der Waals surface area contributed by atoms with Crippen molar-refractivity contribution in [3.8, 4) is 0 Å². The maximum absolute atomic E-state index is 13.2. The number of likely N-dealkylation sites (N-methyl/N-ethyl adjacent to an activating group) is 1. The van der Waals surface area contributed by atoms with Gasteiger partial charge in [0.15, 0.2) is 0 Å². The Morgan fingerprint density at radius 3 is 2.52 bits per heavy atom. The fourth-order valence-electron chi connectivity index (χ4n) is 3.41. The van der Waals surface area contributed by atoms with Gasteiger partial charge in [0.25, 0.3) is 0 Å². The summed E-state index contributed by atoms with van der Waals surface area (Å²) in [5.41, 5.74) is 0.873. The molecular formula is C17H27N5O. The van der Waals surface area contributed by atoms with Crippen LogP contribution in [0.5, 0.6) is 0 Å². The Morgan fingerprint density at radius 1 is 1.17 bits per heavy atom. The molecule has 0 radical (unpaired) electrons. The molecule has 0 spiro atoms. The summed E-state index contributed by atoms with van der Waals surface area (Å²) in [6.45, 7) is 10.5. The molecule has 6 heteroatoms. The van der Waals surface area contributed by atoms with Crippen molar-refractivity contribution in [3.05, 3.63) is 30.1 Å². The first-order chi connectivity index (χ1) is 11.3. The Labute approximate surface area is 138 Å². The third-order valence-corrected chi connectivity index (χ3v) is 4.85. The summed E-state index contributed by atoms with van der Waals surface area (Å²) >= 11 is 0. The van der Waals surface area contributed by atoms with Gasteiger partial charge in [-0.05, 0) is 18.7 Å². The second-order valence-corrected chi connectivity index (χ2v) is 6.20. The van der Waals surface area contributed by atoms with Crippen molar-refractivity contribution in [2.75, 3.05) is 58.9 Å². The third-order valence-electron chi connectivity index (χ3n) is 4.85. The lowest BCUT2D eigenvalue weighted by Crippen LogP contribution is -2.54. The van der Waals surface area contributed by atoms with Crippen molar-refractivity contribution in [3.63, 3.8) is 0 Å². The summed E-state index contributed by atoms with van der Waals surface area (Å²) in [5.74, 6) is 0.210. The molecule has 0 aliphatic carbocycles. The van der Waals surface area contributed by atoms with Crippen LogP contribution in [0.15, 0.2) is 24.4 Å². The van der Waals surface area contributed by atoms with E-state index in [1.165, 1.54) is 0 Å². The van der Waals surface area contributed by atoms with Gasteiger partial charge in [0.1, 0.15) is 6.04 Å². The first-order valence-electron chi connectivity index (χ1n) is 8.66. The SMILES string of the molecule is CCN1CCN(C(=O)C(c2ccccn2)N2CCNCC2)CC1. The van der Waals surface area contributed by atoms with E-state index in [4.69, 9.17) is 0 Å². The first kappa shape index (κ1) is 16.4. The van der Waals surface area contributed by atoms with Crippen molar-refractivity contribution >= 4 is 5.91 Å². The van der Waals surface area contributed by atoms with E-state index in [1.807, 2.05) is 23.1 Å². The number of hydrogen-bond donors (Lipinski definition) is 1.